The number of fused-ring (bicyclic) bond motifs is 20. The number of hydrogen-bond acceptors (Lipinski definition) is 15. The Morgan fingerprint density at radius 1 is 0.349 bits per heavy atom. The van der Waals surface area contributed by atoms with Crippen LogP contribution in [0.1, 0.15) is 312 Å². The second kappa shape index (κ2) is 33.1. The standard InChI is InChI=1S/C27H32FN3O2.C27H35N3O.C26H37N3O2.C26H31N3O2/c1-26-12-10-22-21-9-7-20(32)14-18(21)4-8-23(22)24(26)11-13-27(26,33)25-16-31(30-29-25)15-17-2-5-19(28)6-3-17;1-26-15-13-22-21-10-6-5-9-20(21)11-12-23(22)24(26)14-16-27(26,31)25-18-30(29-28-25)17-19-7-3-2-4-8-19;2*1-25-13-11-21-20-10-8-19(30)15-17(20)7-9-22(21)23(25)12-14-26(25,31)24-16-29(28-27-24)18-5-3-2-4-6-18/h2-3,5-6,14,16,21-24,33H,4,7-13,15H2,1H3;2-4,7-9,18,21-24,31H,5-6,10-17H2,1H3;15-16,18,20-23,31H,2-14H2,1H3;2-6,15-16,20-23,31H,7-14H2,1H3/t2*21?,22?,23?,24?,26-,27+;2*20?,21?,22?,23?,25-,26+/m0000/s1. The molecule has 126 heavy (non-hydrogen) atoms. The number of carbonyl (C=O) groups is 3. The minimum Gasteiger partial charge on any atom is -0.383 e. The Bertz CT molecular complexity index is 5330. The fourth-order valence-electron chi connectivity index (χ4n) is 32.4. The Morgan fingerprint density at radius 3 is 1.16 bits per heavy atom. The maximum Gasteiger partial charge on any atom is 0.155 e. The largest absolute Gasteiger partial charge is 0.383 e. The van der Waals surface area contributed by atoms with Crippen molar-refractivity contribution in [3.05, 3.63) is 196 Å². The predicted octanol–water partition coefficient (Wildman–Crippen LogP) is 20.0. The lowest BCUT2D eigenvalue weighted by atomic mass is 9.50. The van der Waals surface area contributed by atoms with Gasteiger partial charge in [0.05, 0.1) is 49.6 Å². The highest BCUT2D eigenvalue weighted by atomic mass is 19.1. The van der Waals surface area contributed by atoms with Crippen molar-refractivity contribution in [2.24, 2.45) is 116 Å². The van der Waals surface area contributed by atoms with E-state index < -0.39 is 22.4 Å². The fourth-order valence-corrected chi connectivity index (χ4v) is 32.4. The van der Waals surface area contributed by atoms with Crippen molar-refractivity contribution in [3.8, 4) is 5.69 Å². The smallest absolute Gasteiger partial charge is 0.155 e. The van der Waals surface area contributed by atoms with Crippen LogP contribution in [0.2, 0.25) is 0 Å². The molecule has 17 aliphatic carbocycles. The van der Waals surface area contributed by atoms with Gasteiger partial charge in [0, 0.05) is 40.9 Å². The van der Waals surface area contributed by atoms with Crippen LogP contribution in [0.15, 0.2) is 156 Å². The molecule has 13 fully saturated rings. The van der Waals surface area contributed by atoms with Gasteiger partial charge in [0.1, 0.15) is 51.0 Å². The summed E-state index contributed by atoms with van der Waals surface area (Å²) in [6.07, 6.45) is 57.5. The van der Waals surface area contributed by atoms with E-state index in [9.17, 15) is 39.2 Å². The highest BCUT2D eigenvalue weighted by Gasteiger charge is 2.69. The molecule has 0 spiro atoms. The maximum absolute atomic E-state index is 13.2. The molecule has 20 heteroatoms. The van der Waals surface area contributed by atoms with E-state index in [2.05, 4.69) is 110 Å². The zero-order valence-electron chi connectivity index (χ0n) is 75.1. The molecule has 4 aromatic heterocycles. The molecular weight excluding hydrogens is 1570 g/mol. The SMILES string of the molecule is C[C@]12CCC3C4CCC(=O)C=C4CCC3C1CC[C@@]2(O)c1cn(-c2ccccc2)nn1.C[C@]12CCC3C4CCC(=O)C=C4CCC3C1CC[C@@]2(O)c1cn(C2CCCCC2)nn1.C[C@]12CCC3C4CCC(=O)C=C4CCC3C1CC[C@@]2(O)c1cn(Cc2ccc(F)cc2)nn1.C[C@]12CCC3C4CCCC=C4CCC3C1CC[C@@]2(O)c1cn(Cc2ccccc2)nn1. The minimum absolute atomic E-state index is 0.0857. The summed E-state index contributed by atoms with van der Waals surface area (Å²) in [6, 6.07) is 27.2. The molecule has 668 valence electrons. The first-order chi connectivity index (χ1) is 60.9. The van der Waals surface area contributed by atoms with Gasteiger partial charge in [-0.05, 0) is 354 Å². The molecule has 0 saturated heterocycles. The second-order valence-corrected chi connectivity index (χ2v) is 44.1. The molecular formula is C106H135FN12O7. The van der Waals surface area contributed by atoms with E-state index in [1.165, 1.54) is 118 Å². The zero-order valence-corrected chi connectivity index (χ0v) is 75.1. The quantitative estimate of drug-likeness (QED) is 0.0929. The lowest BCUT2D eigenvalue weighted by molar-refractivity contribution is -0.127. The number of nitrogens with zero attached hydrogens (tertiary/aromatic N) is 12. The molecule has 0 radical (unpaired) electrons. The Kier molecular flexibility index (Phi) is 22.3. The number of para-hydroxylation sites is 1. The number of carbonyl (C=O) groups excluding carboxylic acids is 3. The first-order valence-electron chi connectivity index (χ1n) is 49.7. The van der Waals surface area contributed by atoms with E-state index in [1.807, 2.05) is 77.9 Å². The van der Waals surface area contributed by atoms with Gasteiger partial charge in [-0.2, -0.15) is 0 Å². The topological polar surface area (TPSA) is 255 Å². The van der Waals surface area contributed by atoms with E-state index in [0.717, 1.165) is 194 Å². The lowest BCUT2D eigenvalue weighted by Gasteiger charge is -2.55. The first-order valence-corrected chi connectivity index (χ1v) is 49.7. The van der Waals surface area contributed by atoms with E-state index in [4.69, 9.17) is 0 Å². The third-order valence-corrected chi connectivity index (χ3v) is 39.1. The van der Waals surface area contributed by atoms with Gasteiger partial charge < -0.3 is 20.4 Å². The molecule has 4 heterocycles. The number of aliphatic hydroxyl groups is 4. The number of rotatable bonds is 10. The fraction of sp³-hybridized carbons (Fsp3) is 0.651. The van der Waals surface area contributed by atoms with Gasteiger partial charge in [-0.1, -0.05) is 157 Å². The molecule has 24 rings (SSSR count). The van der Waals surface area contributed by atoms with Crippen molar-refractivity contribution in [2.75, 3.05) is 0 Å². The molecule has 0 aliphatic heterocycles. The van der Waals surface area contributed by atoms with E-state index >= 15 is 0 Å². The second-order valence-electron chi connectivity index (χ2n) is 44.1. The minimum atomic E-state index is -0.970. The number of ketones is 3. The predicted molar refractivity (Wildman–Crippen MR) is 478 cm³/mol. The average Bonchev–Trinajstić information content (AvgIpc) is 1.54. The molecule has 24 atom stereocenters. The molecule has 17 aliphatic rings. The van der Waals surface area contributed by atoms with E-state index in [1.54, 1.807) is 27.1 Å². The number of allylic oxidation sites excluding steroid dienone is 5. The number of hydrogen-bond donors (Lipinski definition) is 4. The van der Waals surface area contributed by atoms with Crippen molar-refractivity contribution >= 4 is 17.3 Å². The van der Waals surface area contributed by atoms with Crippen molar-refractivity contribution in [3.63, 3.8) is 0 Å². The zero-order chi connectivity index (χ0) is 86.3. The maximum atomic E-state index is 13.2. The third kappa shape index (κ3) is 14.2. The van der Waals surface area contributed by atoms with Crippen molar-refractivity contribution < 1.29 is 39.2 Å². The Labute approximate surface area is 743 Å². The van der Waals surface area contributed by atoms with Crippen LogP contribution < -0.4 is 0 Å². The van der Waals surface area contributed by atoms with Crippen molar-refractivity contribution in [1.29, 1.82) is 0 Å². The summed E-state index contributed by atoms with van der Waals surface area (Å²) >= 11 is 0. The van der Waals surface area contributed by atoms with Gasteiger partial charge in [-0.3, -0.25) is 14.4 Å². The van der Waals surface area contributed by atoms with Crippen molar-refractivity contribution in [2.45, 2.75) is 313 Å². The average molecular weight is 1710 g/mol. The van der Waals surface area contributed by atoms with Gasteiger partial charge in [0.15, 0.2) is 17.3 Å². The van der Waals surface area contributed by atoms with Crippen LogP contribution in [0.25, 0.3) is 5.69 Å². The monoisotopic (exact) mass is 1710 g/mol. The van der Waals surface area contributed by atoms with E-state index in [-0.39, 0.29) is 27.5 Å². The Hall–Kier alpha value is -8.04. The van der Waals surface area contributed by atoms with Crippen LogP contribution in [0.5, 0.6) is 0 Å². The van der Waals surface area contributed by atoms with Gasteiger partial charge >= 0.3 is 0 Å². The summed E-state index contributed by atoms with van der Waals surface area (Å²) in [6.45, 7) is 10.5. The molecule has 19 nitrogen and oxygen atoms in total. The summed E-state index contributed by atoms with van der Waals surface area (Å²) in [5.74, 6) is 11.0. The summed E-state index contributed by atoms with van der Waals surface area (Å²) in [5, 5.41) is 83.9. The van der Waals surface area contributed by atoms with Crippen LogP contribution in [-0.4, -0.2) is 97.8 Å². The summed E-state index contributed by atoms with van der Waals surface area (Å²) in [5.41, 5.74) is 7.98. The number of benzene rings is 3. The summed E-state index contributed by atoms with van der Waals surface area (Å²) in [7, 11) is 0. The molecule has 13 saturated carbocycles. The van der Waals surface area contributed by atoms with Crippen LogP contribution in [0.3, 0.4) is 0 Å². The van der Waals surface area contributed by atoms with Crippen LogP contribution in [0, 0.1) is 122 Å². The molecule has 0 amide bonds. The number of aromatic nitrogens is 12. The third-order valence-electron chi connectivity index (χ3n) is 39.1. The summed E-state index contributed by atoms with van der Waals surface area (Å²) in [4.78, 5) is 35.8. The van der Waals surface area contributed by atoms with Gasteiger partial charge in [-0.15, -0.1) is 20.4 Å². The molecule has 4 N–H and O–H groups in total. The summed E-state index contributed by atoms with van der Waals surface area (Å²) < 4.78 is 20.7. The van der Waals surface area contributed by atoms with Crippen LogP contribution in [0.4, 0.5) is 4.39 Å². The van der Waals surface area contributed by atoms with Gasteiger partial charge in [0.25, 0.3) is 0 Å². The number of halogens is 1. The van der Waals surface area contributed by atoms with Crippen molar-refractivity contribution in [1.82, 2.24) is 60.0 Å². The highest BCUT2D eigenvalue weighted by Crippen LogP contribution is 2.72. The molecule has 7 aromatic rings. The van der Waals surface area contributed by atoms with Crippen LogP contribution >= 0.6 is 0 Å². The van der Waals surface area contributed by atoms with Gasteiger partial charge in [0.2, 0.25) is 0 Å². The highest BCUT2D eigenvalue weighted by molar-refractivity contribution is 5.92. The lowest BCUT2D eigenvalue weighted by Crippen LogP contribution is -2.51. The first kappa shape index (κ1) is 84.8. The molecule has 0 bridgehead atoms. The normalized spacial score (nSPS) is 39.9. The van der Waals surface area contributed by atoms with E-state index in [0.29, 0.717) is 132 Å². The molecule has 3 aromatic carbocycles. The van der Waals surface area contributed by atoms with Gasteiger partial charge in [-0.25, -0.2) is 23.1 Å². The Morgan fingerprint density at radius 2 is 0.722 bits per heavy atom. The van der Waals surface area contributed by atoms with Crippen LogP contribution in [-0.2, 0) is 49.9 Å². The Balaban J connectivity index is 0.000000103. The molecule has 16 unspecified atom stereocenters.